The van der Waals surface area contributed by atoms with Gasteiger partial charge in [0.2, 0.25) is 5.91 Å². The summed E-state index contributed by atoms with van der Waals surface area (Å²) < 4.78 is 25.0. The molecule has 1 aromatic rings. The number of halogens is 1. The van der Waals surface area contributed by atoms with Gasteiger partial charge in [0.15, 0.2) is 15.8 Å². The molecule has 4 rings (SSSR count). The van der Waals surface area contributed by atoms with Gasteiger partial charge in [-0.25, -0.2) is 8.42 Å². The zero-order valence-corrected chi connectivity index (χ0v) is 19.1. The Balaban J connectivity index is 0.00000225. The van der Waals surface area contributed by atoms with Crippen molar-refractivity contribution in [3.8, 4) is 0 Å². The van der Waals surface area contributed by atoms with Crippen molar-refractivity contribution in [1.82, 2.24) is 20.0 Å². The molecular formula is C17H27IN6O3S. The van der Waals surface area contributed by atoms with Crippen molar-refractivity contribution in [1.29, 1.82) is 0 Å². The maximum Gasteiger partial charge on any atom is 0.246 e. The largest absolute Gasteiger partial charge is 0.353 e. The van der Waals surface area contributed by atoms with Crippen LogP contribution in [0.3, 0.4) is 0 Å². The van der Waals surface area contributed by atoms with Gasteiger partial charge >= 0.3 is 0 Å². The number of aryl methyl sites for hydroxylation is 1. The lowest BCUT2D eigenvalue weighted by atomic mass is 10.1. The fourth-order valence-electron chi connectivity index (χ4n) is 3.55. The third kappa shape index (κ3) is 5.16. The minimum absolute atomic E-state index is 0. The summed E-state index contributed by atoms with van der Waals surface area (Å²) in [6, 6.07) is 0.419. The standard InChI is InChI=1S/C17H26N6O3S.HI/c1-21-10-15(9-19-21)23-6-5-22(11-16(23)24)17(20-14-2-3-14)18-8-13-4-7-27(25,26)12-13;/h9-10,13-14H,2-8,11-12H2,1H3,(H,18,20);1H. The summed E-state index contributed by atoms with van der Waals surface area (Å²) in [5.74, 6) is 1.32. The van der Waals surface area contributed by atoms with Gasteiger partial charge < -0.3 is 15.1 Å². The van der Waals surface area contributed by atoms with Gasteiger partial charge in [0.25, 0.3) is 0 Å². The Hall–Kier alpha value is -1.37. The molecule has 1 aromatic heterocycles. The van der Waals surface area contributed by atoms with E-state index in [0.717, 1.165) is 24.5 Å². The van der Waals surface area contributed by atoms with Gasteiger partial charge in [0.05, 0.1) is 23.4 Å². The van der Waals surface area contributed by atoms with Gasteiger partial charge in [-0.05, 0) is 25.2 Å². The van der Waals surface area contributed by atoms with Crippen LogP contribution in [0, 0.1) is 5.92 Å². The zero-order valence-electron chi connectivity index (χ0n) is 16.0. The minimum atomic E-state index is -2.90. The highest BCUT2D eigenvalue weighted by Gasteiger charge is 2.32. The Morgan fingerprint density at radius 2 is 2.11 bits per heavy atom. The summed E-state index contributed by atoms with van der Waals surface area (Å²) in [5.41, 5.74) is 0.812. The van der Waals surface area contributed by atoms with Gasteiger partial charge in [0.1, 0.15) is 6.54 Å². The fraction of sp³-hybridized carbons (Fsp3) is 0.706. The first-order chi connectivity index (χ1) is 12.9. The summed E-state index contributed by atoms with van der Waals surface area (Å²) in [7, 11) is -1.06. The molecule has 3 fully saturated rings. The molecule has 1 N–H and O–H groups in total. The van der Waals surface area contributed by atoms with E-state index in [-0.39, 0.29) is 53.9 Å². The molecule has 156 valence electrons. The van der Waals surface area contributed by atoms with Crippen molar-refractivity contribution in [3.05, 3.63) is 12.4 Å². The van der Waals surface area contributed by atoms with Crippen molar-refractivity contribution in [2.24, 2.45) is 18.0 Å². The number of nitrogens with one attached hydrogen (secondary N) is 1. The molecule has 1 atom stereocenters. The number of carbonyl (C=O) groups is 1. The van der Waals surface area contributed by atoms with Crippen LogP contribution in [0.5, 0.6) is 0 Å². The van der Waals surface area contributed by atoms with Crippen LogP contribution in [-0.2, 0) is 21.7 Å². The van der Waals surface area contributed by atoms with E-state index in [1.165, 1.54) is 0 Å². The zero-order chi connectivity index (χ0) is 19.0. The first kappa shape index (κ1) is 21.3. The Morgan fingerprint density at radius 1 is 1.32 bits per heavy atom. The SMILES string of the molecule is Cn1cc(N2CCN(C(=NCC3CCS(=O)(=O)C3)NC3CC3)CC2=O)cn1.I. The van der Waals surface area contributed by atoms with E-state index in [9.17, 15) is 13.2 Å². The molecule has 2 saturated heterocycles. The number of amides is 1. The second-order valence-electron chi connectivity index (χ2n) is 7.69. The molecule has 9 nitrogen and oxygen atoms in total. The van der Waals surface area contributed by atoms with Crippen LogP contribution in [0.1, 0.15) is 19.3 Å². The molecule has 3 heterocycles. The Kier molecular flexibility index (Phi) is 6.52. The summed E-state index contributed by atoms with van der Waals surface area (Å²) >= 11 is 0. The molecule has 0 spiro atoms. The lowest BCUT2D eigenvalue weighted by Gasteiger charge is -2.35. The minimum Gasteiger partial charge on any atom is -0.353 e. The number of piperazine rings is 1. The highest BCUT2D eigenvalue weighted by atomic mass is 127. The number of nitrogens with zero attached hydrogens (tertiary/aromatic N) is 5. The van der Waals surface area contributed by atoms with Crippen LogP contribution in [0.4, 0.5) is 5.69 Å². The molecule has 1 saturated carbocycles. The fourth-order valence-corrected chi connectivity index (χ4v) is 5.40. The van der Waals surface area contributed by atoms with E-state index in [4.69, 9.17) is 4.99 Å². The third-order valence-electron chi connectivity index (χ3n) is 5.26. The number of hydrogen-bond acceptors (Lipinski definition) is 5. The van der Waals surface area contributed by atoms with Crippen LogP contribution in [0.2, 0.25) is 0 Å². The topological polar surface area (TPSA) is 99.9 Å². The van der Waals surface area contributed by atoms with Gasteiger partial charge in [-0.1, -0.05) is 0 Å². The maximum atomic E-state index is 12.7. The van der Waals surface area contributed by atoms with E-state index in [1.807, 2.05) is 18.1 Å². The van der Waals surface area contributed by atoms with E-state index in [0.29, 0.717) is 32.1 Å². The van der Waals surface area contributed by atoms with Crippen molar-refractivity contribution in [3.63, 3.8) is 0 Å². The van der Waals surface area contributed by atoms with Gasteiger partial charge in [-0.15, -0.1) is 24.0 Å². The monoisotopic (exact) mass is 522 g/mol. The second kappa shape index (κ2) is 8.56. The average Bonchev–Trinajstić information content (AvgIpc) is 3.23. The van der Waals surface area contributed by atoms with Gasteiger partial charge in [0, 0.05) is 38.9 Å². The van der Waals surface area contributed by atoms with Crippen molar-refractivity contribution in [2.45, 2.75) is 25.3 Å². The number of guanidine groups is 1. The highest BCUT2D eigenvalue weighted by Crippen LogP contribution is 2.22. The molecule has 11 heteroatoms. The molecule has 1 aliphatic carbocycles. The summed E-state index contributed by atoms with van der Waals surface area (Å²) in [6.07, 6.45) is 6.44. The normalized spacial score (nSPS) is 25.0. The Bertz CT molecular complexity index is 851. The first-order valence-corrected chi connectivity index (χ1v) is 11.3. The summed E-state index contributed by atoms with van der Waals surface area (Å²) in [4.78, 5) is 21.1. The van der Waals surface area contributed by atoms with Crippen LogP contribution in [0.25, 0.3) is 0 Å². The lowest BCUT2D eigenvalue weighted by molar-refractivity contribution is -0.120. The molecule has 0 aromatic carbocycles. The second-order valence-corrected chi connectivity index (χ2v) is 9.92. The molecule has 0 radical (unpaired) electrons. The number of hydrogen-bond donors (Lipinski definition) is 1. The van der Waals surface area contributed by atoms with Crippen molar-refractivity contribution in [2.75, 3.05) is 42.6 Å². The van der Waals surface area contributed by atoms with E-state index in [1.54, 1.807) is 15.8 Å². The molecule has 3 aliphatic rings. The predicted octanol–water partition coefficient (Wildman–Crippen LogP) is 0.229. The van der Waals surface area contributed by atoms with Crippen LogP contribution in [-0.4, -0.2) is 78.7 Å². The summed E-state index contributed by atoms with van der Waals surface area (Å²) in [6.45, 7) is 2.01. The maximum absolute atomic E-state index is 12.7. The van der Waals surface area contributed by atoms with Crippen LogP contribution in [0.15, 0.2) is 17.4 Å². The predicted molar refractivity (Wildman–Crippen MR) is 118 cm³/mol. The molecule has 1 amide bonds. The number of sulfone groups is 1. The molecule has 0 bridgehead atoms. The number of anilines is 1. The number of carbonyl (C=O) groups excluding carboxylic acids is 1. The first-order valence-electron chi connectivity index (χ1n) is 9.45. The van der Waals surface area contributed by atoms with E-state index < -0.39 is 9.84 Å². The van der Waals surface area contributed by atoms with Gasteiger partial charge in [-0.3, -0.25) is 14.5 Å². The third-order valence-corrected chi connectivity index (χ3v) is 7.10. The van der Waals surface area contributed by atoms with Crippen molar-refractivity contribution < 1.29 is 13.2 Å². The Labute approximate surface area is 182 Å². The van der Waals surface area contributed by atoms with Crippen LogP contribution < -0.4 is 10.2 Å². The Morgan fingerprint density at radius 3 is 2.68 bits per heavy atom. The highest BCUT2D eigenvalue weighted by molar-refractivity contribution is 14.0. The lowest BCUT2D eigenvalue weighted by Crippen LogP contribution is -2.55. The number of aliphatic imine (C=N–C) groups is 1. The van der Waals surface area contributed by atoms with E-state index in [2.05, 4.69) is 10.4 Å². The van der Waals surface area contributed by atoms with Crippen LogP contribution >= 0.6 is 24.0 Å². The van der Waals surface area contributed by atoms with Crippen molar-refractivity contribution >= 4 is 51.4 Å². The molecule has 28 heavy (non-hydrogen) atoms. The summed E-state index contributed by atoms with van der Waals surface area (Å²) in [5, 5.41) is 7.56. The quantitative estimate of drug-likeness (QED) is 0.346. The molecular weight excluding hydrogens is 495 g/mol. The average molecular weight is 522 g/mol. The van der Waals surface area contributed by atoms with E-state index >= 15 is 0 Å². The number of rotatable bonds is 4. The molecule has 1 unspecified atom stereocenters. The molecule has 2 aliphatic heterocycles. The van der Waals surface area contributed by atoms with Gasteiger partial charge in [-0.2, -0.15) is 5.10 Å². The number of aromatic nitrogens is 2. The smallest absolute Gasteiger partial charge is 0.246 e.